The fourth-order valence-electron chi connectivity index (χ4n) is 4.39. The summed E-state index contributed by atoms with van der Waals surface area (Å²) in [6.45, 7) is 4.77. The predicted molar refractivity (Wildman–Crippen MR) is 134 cm³/mol. The Bertz CT molecular complexity index is 1260. The van der Waals surface area contributed by atoms with Gasteiger partial charge in [0.05, 0.1) is 17.7 Å². The smallest absolute Gasteiger partial charge is 0.295 e. The maximum Gasteiger partial charge on any atom is 0.295 e. The first-order valence-electron chi connectivity index (χ1n) is 11.5. The van der Waals surface area contributed by atoms with Crippen LogP contribution in [0.2, 0.25) is 0 Å². The van der Waals surface area contributed by atoms with E-state index in [4.69, 9.17) is 4.74 Å². The summed E-state index contributed by atoms with van der Waals surface area (Å²) in [4.78, 5) is 30.1. The lowest BCUT2D eigenvalue weighted by atomic mass is 9.93. The quantitative estimate of drug-likeness (QED) is 0.318. The summed E-state index contributed by atoms with van der Waals surface area (Å²) in [5, 5.41) is 13.3. The number of benzene rings is 3. The number of likely N-dealkylation sites (N-methyl/N-ethyl adjacent to an activating group) is 1. The van der Waals surface area contributed by atoms with Gasteiger partial charge in [0.2, 0.25) is 0 Å². The van der Waals surface area contributed by atoms with Crippen LogP contribution in [0.3, 0.4) is 0 Å². The highest BCUT2D eigenvalue weighted by molar-refractivity contribution is 6.46. The Morgan fingerprint density at radius 2 is 1.68 bits per heavy atom. The number of likely N-dealkylation sites (tertiary alicyclic amines) is 1. The lowest BCUT2D eigenvalue weighted by Gasteiger charge is -2.28. The fourth-order valence-corrected chi connectivity index (χ4v) is 4.39. The van der Waals surface area contributed by atoms with E-state index in [0.717, 1.165) is 10.8 Å². The molecule has 176 valence electrons. The summed E-state index contributed by atoms with van der Waals surface area (Å²) in [7, 11) is 3.83. The zero-order valence-electron chi connectivity index (χ0n) is 20.0. The Labute approximate surface area is 200 Å². The zero-order chi connectivity index (χ0) is 24.4. The molecule has 1 heterocycles. The average molecular weight is 459 g/mol. The molecule has 0 aliphatic carbocycles. The maximum atomic E-state index is 13.4. The highest BCUT2D eigenvalue weighted by atomic mass is 16.5. The normalized spacial score (nSPS) is 17.8. The SMILES string of the molecule is CC(C)Oc1ccccc1C1/C(=C(\O)c2cccc3ccccc23)C(=O)C(=O)N1CCN(C)C. The van der Waals surface area contributed by atoms with Gasteiger partial charge < -0.3 is 19.6 Å². The van der Waals surface area contributed by atoms with Gasteiger partial charge in [0.1, 0.15) is 11.5 Å². The number of carbonyl (C=O) groups is 2. The Balaban J connectivity index is 1.94. The van der Waals surface area contributed by atoms with Gasteiger partial charge in [-0.3, -0.25) is 9.59 Å². The Hall–Kier alpha value is -3.64. The van der Waals surface area contributed by atoms with Crippen LogP contribution in [0.15, 0.2) is 72.3 Å². The number of nitrogens with zero attached hydrogens (tertiary/aromatic N) is 2. The van der Waals surface area contributed by atoms with Gasteiger partial charge in [-0.15, -0.1) is 0 Å². The van der Waals surface area contributed by atoms with Crippen LogP contribution in [-0.4, -0.2) is 59.9 Å². The third-order valence-electron chi connectivity index (χ3n) is 5.95. The number of amides is 1. The molecule has 1 atom stereocenters. The molecule has 0 spiro atoms. The number of hydrogen-bond donors (Lipinski definition) is 1. The molecule has 1 N–H and O–H groups in total. The number of aliphatic hydroxyl groups excluding tert-OH is 1. The molecule has 1 aliphatic rings. The van der Waals surface area contributed by atoms with Crippen molar-refractivity contribution in [3.8, 4) is 5.75 Å². The minimum atomic E-state index is -0.756. The van der Waals surface area contributed by atoms with Gasteiger partial charge in [0, 0.05) is 24.2 Å². The van der Waals surface area contributed by atoms with Crippen LogP contribution in [0.1, 0.15) is 31.0 Å². The van der Waals surface area contributed by atoms with Crippen molar-refractivity contribution < 1.29 is 19.4 Å². The molecule has 0 bridgehead atoms. The fraction of sp³-hybridized carbons (Fsp3) is 0.286. The largest absolute Gasteiger partial charge is 0.507 e. The van der Waals surface area contributed by atoms with Gasteiger partial charge in [-0.25, -0.2) is 0 Å². The van der Waals surface area contributed by atoms with Crippen molar-refractivity contribution in [2.45, 2.75) is 26.0 Å². The third-order valence-corrected chi connectivity index (χ3v) is 5.95. The van der Waals surface area contributed by atoms with E-state index >= 15 is 0 Å². The molecule has 3 aromatic carbocycles. The number of Topliss-reactive ketones (excluding diaryl/α,β-unsaturated/α-hetero) is 1. The molecule has 3 aromatic rings. The molecule has 0 saturated carbocycles. The first-order chi connectivity index (χ1) is 16.3. The van der Waals surface area contributed by atoms with Crippen LogP contribution in [0.4, 0.5) is 0 Å². The monoisotopic (exact) mass is 458 g/mol. The number of ketones is 1. The molecular formula is C28H30N2O4. The molecular weight excluding hydrogens is 428 g/mol. The van der Waals surface area contributed by atoms with E-state index in [0.29, 0.717) is 30.0 Å². The molecule has 0 radical (unpaired) electrons. The number of hydrogen-bond acceptors (Lipinski definition) is 5. The van der Waals surface area contributed by atoms with Gasteiger partial charge in [-0.1, -0.05) is 60.7 Å². The molecule has 1 unspecified atom stereocenters. The Morgan fingerprint density at radius 1 is 1.00 bits per heavy atom. The predicted octanol–water partition coefficient (Wildman–Crippen LogP) is 4.61. The number of fused-ring (bicyclic) bond motifs is 1. The molecule has 0 aromatic heterocycles. The van der Waals surface area contributed by atoms with Crippen LogP contribution >= 0.6 is 0 Å². The maximum absolute atomic E-state index is 13.4. The van der Waals surface area contributed by atoms with E-state index < -0.39 is 17.7 Å². The molecule has 6 nitrogen and oxygen atoms in total. The molecule has 1 saturated heterocycles. The van der Waals surface area contributed by atoms with Crippen molar-refractivity contribution in [3.63, 3.8) is 0 Å². The number of para-hydroxylation sites is 1. The molecule has 1 amide bonds. The highest BCUT2D eigenvalue weighted by Gasteiger charge is 2.47. The van der Waals surface area contributed by atoms with E-state index in [-0.39, 0.29) is 17.4 Å². The summed E-state index contributed by atoms with van der Waals surface area (Å²) in [6.07, 6.45) is -0.0942. The molecule has 4 rings (SSSR count). The summed E-state index contributed by atoms with van der Waals surface area (Å²) in [5.74, 6) is -0.892. The summed E-state index contributed by atoms with van der Waals surface area (Å²) < 4.78 is 6.04. The van der Waals surface area contributed by atoms with Crippen molar-refractivity contribution >= 4 is 28.2 Å². The summed E-state index contributed by atoms with van der Waals surface area (Å²) in [5.41, 5.74) is 1.28. The number of aliphatic hydroxyl groups is 1. The highest BCUT2D eigenvalue weighted by Crippen LogP contribution is 2.43. The Morgan fingerprint density at radius 3 is 2.41 bits per heavy atom. The van der Waals surface area contributed by atoms with Gasteiger partial charge >= 0.3 is 0 Å². The third kappa shape index (κ3) is 4.41. The molecule has 34 heavy (non-hydrogen) atoms. The van der Waals surface area contributed by atoms with Crippen LogP contribution in [0.5, 0.6) is 5.75 Å². The van der Waals surface area contributed by atoms with Gasteiger partial charge in [0.15, 0.2) is 0 Å². The first-order valence-corrected chi connectivity index (χ1v) is 11.5. The van der Waals surface area contributed by atoms with Crippen LogP contribution in [0.25, 0.3) is 16.5 Å². The van der Waals surface area contributed by atoms with E-state index in [1.807, 2.05) is 93.5 Å². The standard InChI is InChI=1S/C28H30N2O4/c1-18(2)34-23-15-8-7-13-22(23)25-24(27(32)28(33)30(25)17-16-29(3)4)26(31)21-14-9-11-19-10-5-6-12-20(19)21/h5-15,18,25,31H,16-17H2,1-4H3/b26-24+. The lowest BCUT2D eigenvalue weighted by Crippen LogP contribution is -2.35. The van der Waals surface area contributed by atoms with Gasteiger partial charge in [-0.05, 0) is 44.8 Å². The van der Waals surface area contributed by atoms with Gasteiger partial charge in [-0.2, -0.15) is 0 Å². The van der Waals surface area contributed by atoms with E-state index in [9.17, 15) is 14.7 Å². The molecule has 6 heteroatoms. The topological polar surface area (TPSA) is 70.1 Å². The van der Waals surface area contributed by atoms with E-state index in [2.05, 4.69) is 0 Å². The van der Waals surface area contributed by atoms with Crippen molar-refractivity contribution in [2.24, 2.45) is 0 Å². The number of rotatable bonds is 7. The second kappa shape index (κ2) is 9.69. The number of ether oxygens (including phenoxy) is 1. The Kier molecular flexibility index (Phi) is 6.70. The van der Waals surface area contributed by atoms with E-state index in [1.54, 1.807) is 11.0 Å². The van der Waals surface area contributed by atoms with Crippen molar-refractivity contribution in [1.29, 1.82) is 0 Å². The first kappa shape index (κ1) is 23.5. The zero-order valence-corrected chi connectivity index (χ0v) is 20.0. The van der Waals surface area contributed by atoms with Crippen molar-refractivity contribution in [2.75, 3.05) is 27.2 Å². The van der Waals surface area contributed by atoms with Crippen LogP contribution < -0.4 is 4.74 Å². The molecule has 1 fully saturated rings. The van der Waals surface area contributed by atoms with E-state index in [1.165, 1.54) is 0 Å². The summed E-state index contributed by atoms with van der Waals surface area (Å²) >= 11 is 0. The average Bonchev–Trinajstić information content (AvgIpc) is 3.06. The minimum absolute atomic E-state index is 0.0833. The summed E-state index contributed by atoms with van der Waals surface area (Å²) in [6, 6.07) is 19.9. The van der Waals surface area contributed by atoms with Crippen molar-refractivity contribution in [1.82, 2.24) is 9.80 Å². The van der Waals surface area contributed by atoms with Crippen LogP contribution in [0, 0.1) is 0 Å². The number of carbonyl (C=O) groups excluding carboxylic acids is 2. The minimum Gasteiger partial charge on any atom is -0.507 e. The second-order valence-electron chi connectivity index (χ2n) is 9.03. The second-order valence-corrected chi connectivity index (χ2v) is 9.03. The lowest BCUT2D eigenvalue weighted by molar-refractivity contribution is -0.140. The van der Waals surface area contributed by atoms with Crippen LogP contribution in [-0.2, 0) is 9.59 Å². The van der Waals surface area contributed by atoms with Crippen molar-refractivity contribution in [3.05, 3.63) is 83.4 Å². The van der Waals surface area contributed by atoms with Gasteiger partial charge in [0.25, 0.3) is 11.7 Å². The molecule has 1 aliphatic heterocycles.